The second kappa shape index (κ2) is 4.43. The molecule has 2 fully saturated rings. The first-order chi connectivity index (χ1) is 7.81. The van der Waals surface area contributed by atoms with E-state index < -0.39 is 0 Å². The molecule has 0 spiro atoms. The fourth-order valence-corrected chi connectivity index (χ4v) is 3.54. The highest BCUT2D eigenvalue weighted by molar-refractivity contribution is 7.11. The number of hydrogen-bond donors (Lipinski definition) is 1. The minimum absolute atomic E-state index is 0.112. The highest BCUT2D eigenvalue weighted by Crippen LogP contribution is 2.38. The lowest BCUT2D eigenvalue weighted by molar-refractivity contribution is 0.175. The van der Waals surface area contributed by atoms with Crippen LogP contribution in [-0.4, -0.2) is 34.2 Å². The van der Waals surface area contributed by atoms with Crippen molar-refractivity contribution in [3.05, 3.63) is 16.1 Å². The zero-order valence-corrected chi connectivity index (χ0v) is 10.2. The van der Waals surface area contributed by atoms with Gasteiger partial charge in [-0.25, -0.2) is 4.98 Å². The highest BCUT2D eigenvalue weighted by atomic mass is 32.1. The molecule has 2 heterocycles. The highest BCUT2D eigenvalue weighted by Gasteiger charge is 2.24. The van der Waals surface area contributed by atoms with Gasteiger partial charge in [0.05, 0.1) is 11.1 Å². The Balaban J connectivity index is 1.59. The average Bonchev–Trinajstić information content (AvgIpc) is 2.74. The number of β-amino-alcohol motifs (C(OH)–C–C–N with tert-alkyl or cyclic N) is 1. The molecule has 0 unspecified atom stereocenters. The van der Waals surface area contributed by atoms with Crippen LogP contribution >= 0.6 is 11.3 Å². The predicted octanol–water partition coefficient (Wildman–Crippen LogP) is 1.98. The van der Waals surface area contributed by atoms with Gasteiger partial charge in [-0.15, -0.1) is 11.3 Å². The summed E-state index contributed by atoms with van der Waals surface area (Å²) in [5.74, 6) is 0.753. The van der Waals surface area contributed by atoms with Crippen molar-refractivity contribution in [1.82, 2.24) is 9.88 Å². The number of thiazole rings is 1. The molecule has 0 bridgehead atoms. The molecule has 1 N–H and O–H groups in total. The van der Waals surface area contributed by atoms with Gasteiger partial charge in [0.15, 0.2) is 0 Å². The lowest BCUT2D eigenvalue weighted by Crippen LogP contribution is -2.20. The Morgan fingerprint density at radius 2 is 2.31 bits per heavy atom. The van der Waals surface area contributed by atoms with E-state index in [4.69, 9.17) is 0 Å². The van der Waals surface area contributed by atoms with Crippen molar-refractivity contribution in [2.24, 2.45) is 0 Å². The first-order valence-corrected chi connectivity index (χ1v) is 6.98. The molecule has 1 aromatic rings. The third kappa shape index (κ3) is 2.14. The van der Waals surface area contributed by atoms with E-state index in [-0.39, 0.29) is 6.10 Å². The van der Waals surface area contributed by atoms with Gasteiger partial charge < -0.3 is 5.11 Å². The van der Waals surface area contributed by atoms with E-state index >= 15 is 0 Å². The molecule has 16 heavy (non-hydrogen) atoms. The van der Waals surface area contributed by atoms with E-state index in [1.165, 1.54) is 29.1 Å². The van der Waals surface area contributed by atoms with E-state index in [0.29, 0.717) is 0 Å². The quantitative estimate of drug-likeness (QED) is 0.874. The van der Waals surface area contributed by atoms with Crippen molar-refractivity contribution in [1.29, 1.82) is 0 Å². The Morgan fingerprint density at radius 3 is 2.94 bits per heavy atom. The first-order valence-electron chi connectivity index (χ1n) is 6.16. The molecule has 0 radical (unpaired) electrons. The maximum absolute atomic E-state index is 9.46. The minimum Gasteiger partial charge on any atom is -0.392 e. The van der Waals surface area contributed by atoms with Gasteiger partial charge in [-0.2, -0.15) is 0 Å². The van der Waals surface area contributed by atoms with Crippen LogP contribution in [0.5, 0.6) is 0 Å². The van der Waals surface area contributed by atoms with Crippen molar-refractivity contribution in [3.8, 4) is 0 Å². The first kappa shape index (κ1) is 10.7. The summed E-state index contributed by atoms with van der Waals surface area (Å²) >= 11 is 1.87. The normalized spacial score (nSPS) is 27.2. The Kier molecular flexibility index (Phi) is 2.96. The van der Waals surface area contributed by atoms with Crippen LogP contribution in [0.1, 0.15) is 41.5 Å². The Hall–Kier alpha value is -0.450. The smallest absolute Gasteiger partial charge is 0.0959 e. The molecule has 3 rings (SSSR count). The van der Waals surface area contributed by atoms with E-state index in [9.17, 15) is 5.11 Å². The van der Waals surface area contributed by atoms with Gasteiger partial charge in [0.25, 0.3) is 0 Å². The fraction of sp³-hybridized carbons (Fsp3) is 0.750. The molecule has 1 saturated heterocycles. The average molecular weight is 238 g/mol. The monoisotopic (exact) mass is 238 g/mol. The zero-order chi connectivity index (χ0) is 11.0. The van der Waals surface area contributed by atoms with Crippen LogP contribution in [0, 0.1) is 0 Å². The summed E-state index contributed by atoms with van der Waals surface area (Å²) in [7, 11) is 0. The van der Waals surface area contributed by atoms with E-state index in [1.807, 2.05) is 17.5 Å². The van der Waals surface area contributed by atoms with Gasteiger partial charge in [-0.3, -0.25) is 4.90 Å². The van der Waals surface area contributed by atoms with E-state index in [2.05, 4.69) is 9.88 Å². The van der Waals surface area contributed by atoms with Crippen molar-refractivity contribution in [3.63, 3.8) is 0 Å². The largest absolute Gasteiger partial charge is 0.392 e. The van der Waals surface area contributed by atoms with Crippen LogP contribution < -0.4 is 0 Å². The summed E-state index contributed by atoms with van der Waals surface area (Å²) in [4.78, 5) is 8.21. The number of rotatable bonds is 3. The summed E-state index contributed by atoms with van der Waals surface area (Å²) in [5.41, 5.74) is 0. The number of hydrogen-bond acceptors (Lipinski definition) is 4. The second-order valence-corrected chi connectivity index (χ2v) is 6.12. The Labute approximate surface area is 100 Å². The summed E-state index contributed by atoms with van der Waals surface area (Å²) in [6.45, 7) is 2.83. The number of nitrogens with zero attached hydrogens (tertiary/aromatic N) is 2. The SMILES string of the molecule is O[C@@H]1CCN(Cc2cnc(C3CCC3)s2)C1. The standard InChI is InChI=1S/C12H18N2OS/c15-10-4-5-14(7-10)8-11-6-13-12(16-11)9-2-1-3-9/h6,9-10,15H,1-5,7-8H2/t10-/m1/s1. The van der Waals surface area contributed by atoms with Crippen LogP contribution in [0.2, 0.25) is 0 Å². The lowest BCUT2D eigenvalue weighted by Gasteiger charge is -2.22. The number of aliphatic hydroxyl groups is 1. The zero-order valence-electron chi connectivity index (χ0n) is 9.43. The van der Waals surface area contributed by atoms with Crippen molar-refractivity contribution in [2.75, 3.05) is 13.1 Å². The third-order valence-electron chi connectivity index (χ3n) is 3.65. The summed E-state index contributed by atoms with van der Waals surface area (Å²) < 4.78 is 0. The molecule has 0 aromatic carbocycles. The molecular weight excluding hydrogens is 220 g/mol. The number of aromatic nitrogens is 1. The predicted molar refractivity (Wildman–Crippen MR) is 64.6 cm³/mol. The molecule has 2 aliphatic rings. The van der Waals surface area contributed by atoms with Crippen LogP contribution in [0.4, 0.5) is 0 Å². The van der Waals surface area contributed by atoms with E-state index in [1.54, 1.807) is 0 Å². The Bertz CT molecular complexity index is 362. The molecule has 0 amide bonds. The maximum Gasteiger partial charge on any atom is 0.0959 e. The molecule has 1 aromatic heterocycles. The Morgan fingerprint density at radius 1 is 1.44 bits per heavy atom. The van der Waals surface area contributed by atoms with Gasteiger partial charge in [0.1, 0.15) is 0 Å². The molecule has 1 aliphatic heterocycles. The van der Waals surface area contributed by atoms with Gasteiger partial charge in [0.2, 0.25) is 0 Å². The third-order valence-corrected chi connectivity index (χ3v) is 4.80. The van der Waals surface area contributed by atoms with Gasteiger partial charge in [-0.1, -0.05) is 6.42 Å². The van der Waals surface area contributed by atoms with Crippen molar-refractivity contribution >= 4 is 11.3 Å². The van der Waals surface area contributed by atoms with Crippen LogP contribution in [-0.2, 0) is 6.54 Å². The molecular formula is C12H18N2OS. The summed E-state index contributed by atoms with van der Waals surface area (Å²) in [6, 6.07) is 0. The second-order valence-electron chi connectivity index (χ2n) is 4.97. The minimum atomic E-state index is -0.112. The van der Waals surface area contributed by atoms with E-state index in [0.717, 1.165) is 32.0 Å². The van der Waals surface area contributed by atoms with Gasteiger partial charge in [-0.05, 0) is 19.3 Å². The fourth-order valence-electron chi connectivity index (χ4n) is 2.42. The van der Waals surface area contributed by atoms with Crippen LogP contribution in [0.15, 0.2) is 6.20 Å². The molecule has 1 aliphatic carbocycles. The van der Waals surface area contributed by atoms with Crippen LogP contribution in [0.25, 0.3) is 0 Å². The topological polar surface area (TPSA) is 36.4 Å². The molecule has 1 saturated carbocycles. The van der Waals surface area contributed by atoms with Crippen LogP contribution in [0.3, 0.4) is 0 Å². The summed E-state index contributed by atoms with van der Waals surface area (Å²) in [6.07, 6.45) is 6.87. The van der Waals surface area contributed by atoms with Gasteiger partial charge >= 0.3 is 0 Å². The molecule has 1 atom stereocenters. The lowest BCUT2D eigenvalue weighted by atomic mass is 9.86. The maximum atomic E-state index is 9.46. The number of aliphatic hydroxyl groups excluding tert-OH is 1. The molecule has 4 heteroatoms. The molecule has 88 valence electrons. The number of likely N-dealkylation sites (tertiary alicyclic amines) is 1. The molecule has 3 nitrogen and oxygen atoms in total. The van der Waals surface area contributed by atoms with Crippen molar-refractivity contribution in [2.45, 2.75) is 44.2 Å². The van der Waals surface area contributed by atoms with Gasteiger partial charge in [0, 0.05) is 36.6 Å². The van der Waals surface area contributed by atoms with Crippen molar-refractivity contribution < 1.29 is 5.11 Å². The summed E-state index contributed by atoms with van der Waals surface area (Å²) in [5, 5.41) is 10.8.